The molecular formula is C18H22BrNO. The maximum atomic E-state index is 5.29. The molecule has 2 rings (SSSR count). The first-order valence-corrected chi connectivity index (χ1v) is 8.12. The molecule has 2 aromatic rings. The molecule has 0 fully saturated rings. The topological polar surface area (TPSA) is 21.3 Å². The first-order valence-electron chi connectivity index (χ1n) is 7.32. The summed E-state index contributed by atoms with van der Waals surface area (Å²) in [7, 11) is 1.69. The number of hydrogen-bond donors (Lipinski definition) is 1. The summed E-state index contributed by atoms with van der Waals surface area (Å²) >= 11 is 3.56. The van der Waals surface area contributed by atoms with Crippen LogP contribution in [0.25, 0.3) is 0 Å². The average Bonchev–Trinajstić information content (AvgIpc) is 2.49. The molecule has 2 nitrogen and oxygen atoms in total. The summed E-state index contributed by atoms with van der Waals surface area (Å²) in [5.74, 6) is 0.877. The van der Waals surface area contributed by atoms with Gasteiger partial charge in [0.25, 0.3) is 0 Å². The highest BCUT2D eigenvalue weighted by atomic mass is 79.9. The van der Waals surface area contributed by atoms with Gasteiger partial charge in [-0.2, -0.15) is 0 Å². The van der Waals surface area contributed by atoms with Crippen LogP contribution in [0.15, 0.2) is 53.0 Å². The molecule has 0 amide bonds. The number of ether oxygens (including phenoxy) is 1. The molecule has 0 heterocycles. The third-order valence-corrected chi connectivity index (χ3v) is 4.14. The second-order valence-corrected chi connectivity index (χ2v) is 5.97. The molecule has 21 heavy (non-hydrogen) atoms. The summed E-state index contributed by atoms with van der Waals surface area (Å²) in [6.45, 7) is 3.14. The Hall–Kier alpha value is -1.32. The van der Waals surface area contributed by atoms with Gasteiger partial charge in [0.1, 0.15) is 5.75 Å². The van der Waals surface area contributed by atoms with Gasteiger partial charge < -0.3 is 10.1 Å². The third-order valence-electron chi connectivity index (χ3n) is 3.52. The SMILES string of the molecule is CCNC(Cc1ccccc1)Cc1ccc(OC)c(Br)c1. The van der Waals surface area contributed by atoms with Crippen molar-refractivity contribution in [1.29, 1.82) is 0 Å². The van der Waals surface area contributed by atoms with Gasteiger partial charge in [-0.05, 0) is 58.6 Å². The summed E-state index contributed by atoms with van der Waals surface area (Å²) in [4.78, 5) is 0. The lowest BCUT2D eigenvalue weighted by molar-refractivity contribution is 0.411. The minimum absolute atomic E-state index is 0.442. The summed E-state index contributed by atoms with van der Waals surface area (Å²) < 4.78 is 6.30. The lowest BCUT2D eigenvalue weighted by Crippen LogP contribution is -2.33. The Labute approximate surface area is 135 Å². The predicted molar refractivity (Wildman–Crippen MR) is 92.0 cm³/mol. The number of nitrogens with one attached hydrogen (secondary N) is 1. The molecule has 112 valence electrons. The highest BCUT2D eigenvalue weighted by molar-refractivity contribution is 9.10. The van der Waals surface area contributed by atoms with Gasteiger partial charge in [0.05, 0.1) is 11.6 Å². The molecule has 0 radical (unpaired) electrons. The Morgan fingerprint density at radius 3 is 2.38 bits per heavy atom. The van der Waals surface area contributed by atoms with Gasteiger partial charge in [-0.25, -0.2) is 0 Å². The molecular weight excluding hydrogens is 326 g/mol. The summed E-state index contributed by atoms with van der Waals surface area (Å²) in [5, 5.41) is 3.58. The van der Waals surface area contributed by atoms with Crippen molar-refractivity contribution in [2.45, 2.75) is 25.8 Å². The lowest BCUT2D eigenvalue weighted by atomic mass is 9.99. The Morgan fingerprint density at radius 1 is 1.05 bits per heavy atom. The maximum Gasteiger partial charge on any atom is 0.133 e. The molecule has 1 N–H and O–H groups in total. The van der Waals surface area contributed by atoms with E-state index in [2.05, 4.69) is 70.6 Å². The molecule has 0 aliphatic heterocycles. The number of rotatable bonds is 7. The number of methoxy groups -OCH3 is 1. The number of benzene rings is 2. The number of halogens is 1. The quantitative estimate of drug-likeness (QED) is 0.809. The Morgan fingerprint density at radius 2 is 1.76 bits per heavy atom. The zero-order valence-electron chi connectivity index (χ0n) is 12.6. The Balaban J connectivity index is 2.07. The molecule has 2 aromatic carbocycles. The van der Waals surface area contributed by atoms with E-state index in [4.69, 9.17) is 4.74 Å². The van der Waals surface area contributed by atoms with Crippen molar-refractivity contribution in [1.82, 2.24) is 5.32 Å². The molecule has 0 saturated carbocycles. The van der Waals surface area contributed by atoms with E-state index >= 15 is 0 Å². The van der Waals surface area contributed by atoms with Crippen LogP contribution in [0.2, 0.25) is 0 Å². The molecule has 0 spiro atoms. The number of likely N-dealkylation sites (N-methyl/N-ethyl adjacent to an activating group) is 1. The van der Waals surface area contributed by atoms with Crippen LogP contribution >= 0.6 is 15.9 Å². The maximum absolute atomic E-state index is 5.29. The van der Waals surface area contributed by atoms with Gasteiger partial charge in [-0.15, -0.1) is 0 Å². The number of hydrogen-bond acceptors (Lipinski definition) is 2. The highest BCUT2D eigenvalue weighted by Gasteiger charge is 2.11. The van der Waals surface area contributed by atoms with E-state index < -0.39 is 0 Å². The van der Waals surface area contributed by atoms with Crippen molar-refractivity contribution < 1.29 is 4.74 Å². The van der Waals surface area contributed by atoms with Crippen molar-refractivity contribution >= 4 is 15.9 Å². The average molecular weight is 348 g/mol. The first-order chi connectivity index (χ1) is 10.2. The zero-order chi connectivity index (χ0) is 15.1. The second kappa shape index (κ2) is 8.20. The van der Waals surface area contributed by atoms with Gasteiger partial charge >= 0.3 is 0 Å². The predicted octanol–water partition coefficient (Wildman–Crippen LogP) is 4.22. The van der Waals surface area contributed by atoms with E-state index in [1.165, 1.54) is 11.1 Å². The van der Waals surface area contributed by atoms with E-state index in [1.807, 2.05) is 6.07 Å². The van der Waals surface area contributed by atoms with Crippen LogP contribution in [0.4, 0.5) is 0 Å². The van der Waals surface area contributed by atoms with Crippen LogP contribution in [0.5, 0.6) is 5.75 Å². The van der Waals surface area contributed by atoms with E-state index in [9.17, 15) is 0 Å². The van der Waals surface area contributed by atoms with Crippen molar-refractivity contribution in [2.75, 3.05) is 13.7 Å². The smallest absolute Gasteiger partial charge is 0.133 e. The third kappa shape index (κ3) is 4.87. The van der Waals surface area contributed by atoms with E-state index in [0.717, 1.165) is 29.6 Å². The standard InChI is InChI=1S/C18H22BrNO/c1-3-20-16(11-14-7-5-4-6-8-14)12-15-9-10-18(21-2)17(19)13-15/h4-10,13,16,20H,3,11-12H2,1-2H3. The van der Waals surface area contributed by atoms with Crippen LogP contribution < -0.4 is 10.1 Å². The van der Waals surface area contributed by atoms with Gasteiger partial charge in [0.2, 0.25) is 0 Å². The fraction of sp³-hybridized carbons (Fsp3) is 0.333. The van der Waals surface area contributed by atoms with Crippen LogP contribution in [-0.2, 0) is 12.8 Å². The van der Waals surface area contributed by atoms with E-state index in [1.54, 1.807) is 7.11 Å². The molecule has 1 atom stereocenters. The molecule has 0 aromatic heterocycles. The molecule has 1 unspecified atom stereocenters. The monoisotopic (exact) mass is 347 g/mol. The lowest BCUT2D eigenvalue weighted by Gasteiger charge is -2.18. The normalized spacial score (nSPS) is 12.1. The fourth-order valence-electron chi connectivity index (χ4n) is 2.53. The van der Waals surface area contributed by atoms with Gasteiger partial charge in [0, 0.05) is 6.04 Å². The first kappa shape index (κ1) is 16.1. The Bertz CT molecular complexity index is 556. The van der Waals surface area contributed by atoms with Crippen molar-refractivity contribution in [2.24, 2.45) is 0 Å². The summed E-state index contributed by atoms with van der Waals surface area (Å²) in [6, 6.07) is 17.4. The molecule has 3 heteroatoms. The molecule has 0 saturated heterocycles. The molecule has 0 aliphatic rings. The minimum Gasteiger partial charge on any atom is -0.496 e. The Kier molecular flexibility index (Phi) is 6.27. The summed E-state index contributed by atoms with van der Waals surface area (Å²) in [5.41, 5.74) is 2.68. The van der Waals surface area contributed by atoms with Crippen LogP contribution in [0, 0.1) is 0 Å². The van der Waals surface area contributed by atoms with Gasteiger partial charge in [-0.1, -0.05) is 43.3 Å². The second-order valence-electron chi connectivity index (χ2n) is 5.12. The minimum atomic E-state index is 0.442. The van der Waals surface area contributed by atoms with Crippen LogP contribution in [-0.4, -0.2) is 19.7 Å². The van der Waals surface area contributed by atoms with E-state index in [0.29, 0.717) is 6.04 Å². The summed E-state index contributed by atoms with van der Waals surface area (Å²) in [6.07, 6.45) is 2.05. The van der Waals surface area contributed by atoms with Gasteiger partial charge in [-0.3, -0.25) is 0 Å². The zero-order valence-corrected chi connectivity index (χ0v) is 14.2. The van der Waals surface area contributed by atoms with Crippen molar-refractivity contribution in [3.63, 3.8) is 0 Å². The molecule has 0 aliphatic carbocycles. The van der Waals surface area contributed by atoms with Crippen molar-refractivity contribution in [3.05, 3.63) is 64.1 Å². The van der Waals surface area contributed by atoms with Gasteiger partial charge in [0.15, 0.2) is 0 Å². The van der Waals surface area contributed by atoms with E-state index in [-0.39, 0.29) is 0 Å². The van der Waals surface area contributed by atoms with Crippen LogP contribution in [0.3, 0.4) is 0 Å². The largest absolute Gasteiger partial charge is 0.496 e. The van der Waals surface area contributed by atoms with Crippen molar-refractivity contribution in [3.8, 4) is 5.75 Å². The molecule has 0 bridgehead atoms. The van der Waals surface area contributed by atoms with Crippen LogP contribution in [0.1, 0.15) is 18.1 Å². The fourth-order valence-corrected chi connectivity index (χ4v) is 3.11. The highest BCUT2D eigenvalue weighted by Crippen LogP contribution is 2.26.